The van der Waals surface area contributed by atoms with Crippen molar-refractivity contribution >= 4 is 23.2 Å². The molecule has 17 heavy (non-hydrogen) atoms. The minimum atomic E-state index is -0.249. The van der Waals surface area contributed by atoms with E-state index in [4.69, 9.17) is 18.0 Å². The summed E-state index contributed by atoms with van der Waals surface area (Å²) in [7, 11) is 1.67. The summed E-state index contributed by atoms with van der Waals surface area (Å²) in [6.07, 6.45) is 0. The van der Waals surface area contributed by atoms with Gasteiger partial charge in [0.25, 0.3) is 0 Å². The number of nitrogens with one attached hydrogen (secondary N) is 1. The minimum Gasteiger partial charge on any atom is -0.392 e. The van der Waals surface area contributed by atoms with Crippen LogP contribution in [0.1, 0.15) is 12.5 Å². The van der Waals surface area contributed by atoms with Crippen molar-refractivity contribution in [2.24, 2.45) is 5.73 Å². The molecule has 5 heteroatoms. The van der Waals surface area contributed by atoms with Crippen LogP contribution in [0.4, 0.5) is 4.79 Å². The van der Waals surface area contributed by atoms with Gasteiger partial charge in [-0.1, -0.05) is 42.5 Å². The lowest BCUT2D eigenvalue weighted by Gasteiger charge is -2.24. The molecule has 0 saturated heterocycles. The predicted octanol–water partition coefficient (Wildman–Crippen LogP) is 1.50. The molecule has 4 nitrogen and oxygen atoms in total. The molecule has 0 aromatic heterocycles. The Hall–Kier alpha value is -1.62. The highest BCUT2D eigenvalue weighted by Crippen LogP contribution is 2.00. The maximum Gasteiger partial charge on any atom is 0.317 e. The van der Waals surface area contributed by atoms with Gasteiger partial charge in [-0.3, -0.25) is 0 Å². The summed E-state index contributed by atoms with van der Waals surface area (Å²) in [4.78, 5) is 13.6. The lowest BCUT2D eigenvalue weighted by molar-refractivity contribution is 0.204. The van der Waals surface area contributed by atoms with E-state index < -0.39 is 0 Å². The van der Waals surface area contributed by atoms with E-state index in [0.717, 1.165) is 5.56 Å². The van der Waals surface area contributed by atoms with Crippen LogP contribution in [0.25, 0.3) is 0 Å². The van der Waals surface area contributed by atoms with Crippen LogP contribution in [0.3, 0.4) is 0 Å². The van der Waals surface area contributed by atoms with E-state index in [-0.39, 0.29) is 12.1 Å². The summed E-state index contributed by atoms with van der Waals surface area (Å²) in [5, 5.41) is 2.81. The van der Waals surface area contributed by atoms with Gasteiger partial charge in [-0.05, 0) is 12.5 Å². The molecule has 3 N–H and O–H groups in total. The molecule has 1 rings (SSSR count). The largest absolute Gasteiger partial charge is 0.392 e. The van der Waals surface area contributed by atoms with Crippen LogP contribution in [-0.2, 0) is 6.54 Å². The van der Waals surface area contributed by atoms with Crippen LogP contribution in [0.2, 0.25) is 0 Å². The van der Waals surface area contributed by atoms with E-state index in [1.165, 1.54) is 4.90 Å². The van der Waals surface area contributed by atoms with Gasteiger partial charge in [-0.25, -0.2) is 4.79 Å². The lowest BCUT2D eigenvalue weighted by Crippen LogP contribution is -2.47. The van der Waals surface area contributed by atoms with Crippen molar-refractivity contribution in [3.8, 4) is 0 Å². The van der Waals surface area contributed by atoms with Crippen LogP contribution >= 0.6 is 12.2 Å². The van der Waals surface area contributed by atoms with Crippen molar-refractivity contribution in [1.29, 1.82) is 0 Å². The molecule has 1 unspecified atom stereocenters. The fourth-order valence-corrected chi connectivity index (χ4v) is 1.42. The Balaban J connectivity index is 2.47. The number of amides is 2. The standard InChI is InChI=1S/C12H17N3OS/c1-9(11(13)17)15(2)12(16)14-8-10-6-4-3-5-7-10/h3-7,9H,8H2,1-2H3,(H2,13,17)(H,14,16). The number of rotatable bonds is 4. The van der Waals surface area contributed by atoms with Gasteiger partial charge in [0.15, 0.2) is 0 Å². The Labute approximate surface area is 107 Å². The van der Waals surface area contributed by atoms with Gasteiger partial charge in [0, 0.05) is 13.6 Å². The highest BCUT2D eigenvalue weighted by Gasteiger charge is 2.16. The topological polar surface area (TPSA) is 58.4 Å². The summed E-state index contributed by atoms with van der Waals surface area (Å²) in [6, 6.07) is 9.28. The third-order valence-electron chi connectivity index (χ3n) is 2.60. The van der Waals surface area contributed by atoms with Crippen LogP contribution in [0.15, 0.2) is 30.3 Å². The highest BCUT2D eigenvalue weighted by molar-refractivity contribution is 7.80. The second-order valence-corrected chi connectivity index (χ2v) is 4.30. The van der Waals surface area contributed by atoms with Crippen molar-refractivity contribution in [2.45, 2.75) is 19.5 Å². The molecule has 0 aliphatic rings. The van der Waals surface area contributed by atoms with Crippen LogP contribution in [0, 0.1) is 0 Å². The number of carbonyl (C=O) groups is 1. The molecule has 0 aliphatic carbocycles. The maximum absolute atomic E-state index is 11.8. The number of nitrogens with two attached hydrogens (primary N) is 1. The van der Waals surface area contributed by atoms with E-state index in [2.05, 4.69) is 5.32 Å². The van der Waals surface area contributed by atoms with Crippen molar-refractivity contribution in [1.82, 2.24) is 10.2 Å². The number of thiocarbonyl (C=S) groups is 1. The Morgan fingerprint density at radius 3 is 2.59 bits per heavy atom. The smallest absolute Gasteiger partial charge is 0.317 e. The van der Waals surface area contributed by atoms with Gasteiger partial charge in [0.05, 0.1) is 11.0 Å². The van der Waals surface area contributed by atoms with Crippen LogP contribution < -0.4 is 11.1 Å². The van der Waals surface area contributed by atoms with Crippen molar-refractivity contribution in [3.05, 3.63) is 35.9 Å². The Morgan fingerprint density at radius 2 is 2.06 bits per heavy atom. The third kappa shape index (κ3) is 4.03. The van der Waals surface area contributed by atoms with Gasteiger partial charge in [0.1, 0.15) is 0 Å². The number of carbonyl (C=O) groups excluding carboxylic acids is 1. The van der Waals surface area contributed by atoms with Crippen molar-refractivity contribution in [3.63, 3.8) is 0 Å². The first-order valence-electron chi connectivity index (χ1n) is 5.36. The van der Waals surface area contributed by atoms with Gasteiger partial charge in [-0.2, -0.15) is 0 Å². The molecule has 0 heterocycles. The Bertz CT molecular complexity index is 394. The summed E-state index contributed by atoms with van der Waals surface area (Å²) in [5.74, 6) is 0. The number of urea groups is 1. The molecule has 1 aromatic carbocycles. The van der Waals surface area contributed by atoms with Crippen molar-refractivity contribution in [2.75, 3.05) is 7.05 Å². The summed E-state index contributed by atoms with van der Waals surface area (Å²) in [5.41, 5.74) is 6.54. The fraction of sp³-hybridized carbons (Fsp3) is 0.333. The van der Waals surface area contributed by atoms with Crippen LogP contribution in [-0.4, -0.2) is 29.0 Å². The van der Waals surface area contributed by atoms with Gasteiger partial charge in [0.2, 0.25) is 0 Å². The van der Waals surface area contributed by atoms with Gasteiger partial charge >= 0.3 is 6.03 Å². The Kier molecular flexibility index (Phi) is 4.90. The molecule has 92 valence electrons. The maximum atomic E-state index is 11.8. The second-order valence-electron chi connectivity index (χ2n) is 3.83. The quantitative estimate of drug-likeness (QED) is 0.797. The number of hydrogen-bond acceptors (Lipinski definition) is 2. The normalized spacial score (nSPS) is 11.6. The molecule has 0 fully saturated rings. The zero-order valence-corrected chi connectivity index (χ0v) is 10.8. The number of benzene rings is 1. The van der Waals surface area contributed by atoms with E-state index in [0.29, 0.717) is 11.5 Å². The number of nitrogens with zero attached hydrogens (tertiary/aromatic N) is 1. The molecule has 1 atom stereocenters. The van der Waals surface area contributed by atoms with E-state index in [9.17, 15) is 4.79 Å². The third-order valence-corrected chi connectivity index (χ3v) is 2.94. The summed E-state index contributed by atoms with van der Waals surface area (Å²) in [6.45, 7) is 2.29. The van der Waals surface area contributed by atoms with E-state index in [1.54, 1.807) is 14.0 Å². The molecule has 0 spiro atoms. The molecule has 1 aromatic rings. The second kappa shape index (κ2) is 6.20. The SMILES string of the molecule is CC(C(N)=S)N(C)C(=O)NCc1ccccc1. The average Bonchev–Trinajstić information content (AvgIpc) is 2.35. The molecular formula is C12H17N3OS. The fourth-order valence-electron chi connectivity index (χ4n) is 1.26. The van der Waals surface area contributed by atoms with E-state index in [1.807, 2.05) is 30.3 Å². The first-order valence-corrected chi connectivity index (χ1v) is 5.77. The van der Waals surface area contributed by atoms with Gasteiger partial charge < -0.3 is 16.0 Å². The van der Waals surface area contributed by atoms with Crippen molar-refractivity contribution < 1.29 is 4.79 Å². The van der Waals surface area contributed by atoms with E-state index >= 15 is 0 Å². The highest BCUT2D eigenvalue weighted by atomic mass is 32.1. The van der Waals surface area contributed by atoms with Gasteiger partial charge in [-0.15, -0.1) is 0 Å². The monoisotopic (exact) mass is 251 g/mol. The molecule has 0 radical (unpaired) electrons. The first kappa shape index (κ1) is 13.4. The molecule has 2 amide bonds. The van der Waals surface area contributed by atoms with Crippen LogP contribution in [0.5, 0.6) is 0 Å². The summed E-state index contributed by atoms with van der Waals surface area (Å²) < 4.78 is 0. The molecule has 0 saturated carbocycles. The lowest BCUT2D eigenvalue weighted by atomic mass is 10.2. The number of hydrogen-bond donors (Lipinski definition) is 2. The Morgan fingerprint density at radius 1 is 1.47 bits per heavy atom. The summed E-state index contributed by atoms with van der Waals surface area (Å²) >= 11 is 4.85. The zero-order valence-electron chi connectivity index (χ0n) is 10.0. The zero-order chi connectivity index (χ0) is 12.8. The first-order chi connectivity index (χ1) is 8.02. The number of likely N-dealkylation sites (N-methyl/N-ethyl adjacent to an activating group) is 1. The predicted molar refractivity (Wildman–Crippen MR) is 72.7 cm³/mol. The average molecular weight is 251 g/mol. The molecule has 0 aliphatic heterocycles. The molecule has 0 bridgehead atoms. The molecular weight excluding hydrogens is 234 g/mol. The minimum absolute atomic E-state index is 0.186.